The Kier molecular flexibility index (Phi) is 4.19. The minimum atomic E-state index is -0.478. The van der Waals surface area contributed by atoms with E-state index in [1.54, 1.807) is 7.05 Å². The lowest BCUT2D eigenvalue weighted by molar-refractivity contribution is 0.0297. The van der Waals surface area contributed by atoms with Gasteiger partial charge in [0.15, 0.2) is 11.5 Å². The highest BCUT2D eigenvalue weighted by Crippen LogP contribution is 2.32. The zero-order chi connectivity index (χ0) is 12.1. The molecule has 0 aliphatic carbocycles. The molecule has 1 aromatic rings. The van der Waals surface area contributed by atoms with Gasteiger partial charge in [-0.2, -0.15) is 0 Å². The van der Waals surface area contributed by atoms with Crippen LogP contribution in [0.4, 0.5) is 0 Å². The van der Waals surface area contributed by atoms with Gasteiger partial charge in [-0.05, 0) is 24.7 Å². The second-order valence-corrected chi connectivity index (χ2v) is 3.91. The molecule has 0 aromatic heterocycles. The second-order valence-electron chi connectivity index (χ2n) is 3.91. The number of hydrogen-bond donors (Lipinski definition) is 2. The Hall–Kier alpha value is -1.30. The number of nitrogens with one attached hydrogen (secondary N) is 1. The first kappa shape index (κ1) is 12.2. The van der Waals surface area contributed by atoms with Crippen molar-refractivity contribution >= 4 is 0 Å². The molecule has 2 N–H and O–H groups in total. The molecule has 0 unspecified atom stereocenters. The molecule has 94 valence electrons. The van der Waals surface area contributed by atoms with Crippen molar-refractivity contribution in [3.8, 4) is 11.5 Å². The molecule has 5 heteroatoms. The fraction of sp³-hybridized carbons (Fsp3) is 0.500. The third-order valence-corrected chi connectivity index (χ3v) is 2.46. The van der Waals surface area contributed by atoms with Gasteiger partial charge in [0.25, 0.3) is 0 Å². The predicted molar refractivity (Wildman–Crippen MR) is 62.2 cm³/mol. The fourth-order valence-electron chi connectivity index (χ4n) is 1.64. The van der Waals surface area contributed by atoms with E-state index < -0.39 is 6.10 Å². The highest BCUT2D eigenvalue weighted by atomic mass is 16.7. The average molecular weight is 239 g/mol. The summed E-state index contributed by atoms with van der Waals surface area (Å²) in [5, 5.41) is 12.3. The molecular weight excluding hydrogens is 222 g/mol. The van der Waals surface area contributed by atoms with E-state index in [9.17, 15) is 5.11 Å². The lowest BCUT2D eigenvalue weighted by atomic mass is 10.2. The van der Waals surface area contributed by atoms with Crippen molar-refractivity contribution in [1.82, 2.24) is 5.32 Å². The number of benzene rings is 1. The zero-order valence-electron chi connectivity index (χ0n) is 9.81. The van der Waals surface area contributed by atoms with E-state index in [0.717, 1.165) is 17.1 Å². The maximum absolute atomic E-state index is 9.45. The van der Waals surface area contributed by atoms with Gasteiger partial charge < -0.3 is 24.6 Å². The van der Waals surface area contributed by atoms with Crippen LogP contribution in [0.15, 0.2) is 18.2 Å². The highest BCUT2D eigenvalue weighted by Gasteiger charge is 2.13. The van der Waals surface area contributed by atoms with Gasteiger partial charge in [0.2, 0.25) is 6.79 Å². The Morgan fingerprint density at radius 2 is 2.24 bits per heavy atom. The third kappa shape index (κ3) is 3.33. The number of ether oxygens (including phenoxy) is 3. The molecule has 17 heavy (non-hydrogen) atoms. The van der Waals surface area contributed by atoms with Gasteiger partial charge in [-0.25, -0.2) is 0 Å². The lowest BCUT2D eigenvalue weighted by Gasteiger charge is -2.10. The Bertz CT molecular complexity index is 370. The third-order valence-electron chi connectivity index (χ3n) is 2.46. The summed E-state index contributed by atoms with van der Waals surface area (Å²) in [6.07, 6.45) is -0.478. The van der Waals surface area contributed by atoms with E-state index in [1.165, 1.54) is 0 Å². The average Bonchev–Trinajstić information content (AvgIpc) is 2.76. The summed E-state index contributed by atoms with van der Waals surface area (Å²) < 4.78 is 15.9. The topological polar surface area (TPSA) is 60.0 Å². The summed E-state index contributed by atoms with van der Waals surface area (Å²) in [6.45, 7) is 1.58. The van der Waals surface area contributed by atoms with Gasteiger partial charge in [0.1, 0.15) is 0 Å². The smallest absolute Gasteiger partial charge is 0.231 e. The van der Waals surface area contributed by atoms with E-state index in [0.29, 0.717) is 19.8 Å². The monoisotopic (exact) mass is 239 g/mol. The van der Waals surface area contributed by atoms with Crippen LogP contribution >= 0.6 is 0 Å². The molecule has 0 saturated carbocycles. The Balaban J connectivity index is 1.79. The van der Waals surface area contributed by atoms with Crippen molar-refractivity contribution in [2.24, 2.45) is 0 Å². The molecule has 1 atom stereocenters. The van der Waals surface area contributed by atoms with Gasteiger partial charge in [-0.15, -0.1) is 0 Å². The zero-order valence-corrected chi connectivity index (χ0v) is 9.81. The van der Waals surface area contributed by atoms with E-state index >= 15 is 0 Å². The van der Waals surface area contributed by atoms with Gasteiger partial charge in [0, 0.05) is 6.54 Å². The summed E-state index contributed by atoms with van der Waals surface area (Å²) in [4.78, 5) is 0. The first-order valence-electron chi connectivity index (χ1n) is 5.58. The van der Waals surface area contributed by atoms with E-state index in [1.807, 2.05) is 18.2 Å². The maximum Gasteiger partial charge on any atom is 0.231 e. The molecule has 0 spiro atoms. The van der Waals surface area contributed by atoms with Crippen LogP contribution in [0.2, 0.25) is 0 Å². The molecule has 0 saturated heterocycles. The van der Waals surface area contributed by atoms with Gasteiger partial charge in [0.05, 0.1) is 19.3 Å². The van der Waals surface area contributed by atoms with Crippen LogP contribution in [0.3, 0.4) is 0 Å². The molecule has 0 radical (unpaired) electrons. The predicted octanol–water partition coefficient (Wildman–Crippen LogP) is 0.512. The van der Waals surface area contributed by atoms with E-state index in [-0.39, 0.29) is 6.79 Å². The normalized spacial score (nSPS) is 14.9. The summed E-state index contributed by atoms with van der Waals surface area (Å²) >= 11 is 0. The van der Waals surface area contributed by atoms with Crippen LogP contribution in [0.1, 0.15) is 5.56 Å². The molecule has 0 amide bonds. The van der Waals surface area contributed by atoms with Crippen molar-refractivity contribution in [2.45, 2.75) is 12.7 Å². The van der Waals surface area contributed by atoms with Gasteiger partial charge >= 0.3 is 0 Å². The molecule has 1 aliphatic heterocycles. The summed E-state index contributed by atoms with van der Waals surface area (Å²) in [5.41, 5.74) is 1.01. The molecule has 0 bridgehead atoms. The van der Waals surface area contributed by atoms with Crippen molar-refractivity contribution in [3.05, 3.63) is 23.8 Å². The Labute approximate surface area is 100 Å². The summed E-state index contributed by atoms with van der Waals surface area (Å²) in [7, 11) is 1.79. The summed E-state index contributed by atoms with van der Waals surface area (Å²) in [6, 6.07) is 5.69. The van der Waals surface area contributed by atoms with E-state index in [4.69, 9.17) is 14.2 Å². The minimum Gasteiger partial charge on any atom is -0.454 e. The first-order valence-corrected chi connectivity index (χ1v) is 5.58. The minimum absolute atomic E-state index is 0.278. The quantitative estimate of drug-likeness (QED) is 0.757. The van der Waals surface area contributed by atoms with E-state index in [2.05, 4.69) is 5.32 Å². The van der Waals surface area contributed by atoms with Crippen LogP contribution in [-0.4, -0.2) is 38.2 Å². The summed E-state index contributed by atoms with van der Waals surface area (Å²) in [5.74, 6) is 1.52. The Morgan fingerprint density at radius 1 is 1.41 bits per heavy atom. The van der Waals surface area contributed by atoms with Crippen molar-refractivity contribution in [2.75, 3.05) is 27.0 Å². The molecule has 1 aliphatic rings. The van der Waals surface area contributed by atoms with Crippen LogP contribution in [0, 0.1) is 0 Å². The number of aliphatic hydroxyl groups excluding tert-OH is 1. The number of fused-ring (bicyclic) bond motifs is 1. The molecule has 2 rings (SSSR count). The maximum atomic E-state index is 9.45. The van der Waals surface area contributed by atoms with Crippen molar-refractivity contribution < 1.29 is 19.3 Å². The second kappa shape index (κ2) is 5.86. The fourth-order valence-corrected chi connectivity index (χ4v) is 1.64. The van der Waals surface area contributed by atoms with Gasteiger partial charge in [-0.1, -0.05) is 6.07 Å². The standard InChI is InChI=1S/C12H17NO4/c1-13-5-10(14)7-15-6-9-2-3-11-12(4-9)17-8-16-11/h2-4,10,13-14H,5-8H2,1H3/t10-/m0/s1. The van der Waals surface area contributed by atoms with Crippen molar-refractivity contribution in [1.29, 1.82) is 0 Å². The molecular formula is C12H17NO4. The lowest BCUT2D eigenvalue weighted by Crippen LogP contribution is -2.27. The number of rotatable bonds is 6. The number of likely N-dealkylation sites (N-methyl/N-ethyl adjacent to an activating group) is 1. The van der Waals surface area contributed by atoms with Crippen LogP contribution in [0.5, 0.6) is 11.5 Å². The largest absolute Gasteiger partial charge is 0.454 e. The van der Waals surface area contributed by atoms with Crippen LogP contribution < -0.4 is 14.8 Å². The number of hydrogen-bond acceptors (Lipinski definition) is 5. The SMILES string of the molecule is CNC[C@H](O)COCc1ccc2c(c1)OCO2. The van der Waals surface area contributed by atoms with Crippen LogP contribution in [0.25, 0.3) is 0 Å². The molecule has 0 fully saturated rings. The molecule has 1 heterocycles. The van der Waals surface area contributed by atoms with Gasteiger partial charge in [-0.3, -0.25) is 0 Å². The Morgan fingerprint density at radius 3 is 3.06 bits per heavy atom. The molecule has 1 aromatic carbocycles. The highest BCUT2D eigenvalue weighted by molar-refractivity contribution is 5.44. The first-order chi connectivity index (χ1) is 8.29. The molecule has 5 nitrogen and oxygen atoms in total. The van der Waals surface area contributed by atoms with Crippen LogP contribution in [-0.2, 0) is 11.3 Å². The van der Waals surface area contributed by atoms with Crippen molar-refractivity contribution in [3.63, 3.8) is 0 Å². The number of aliphatic hydroxyl groups is 1.